The minimum Gasteiger partial charge on any atom is -0.508 e. The number of amides is 3. The average molecular weight is 281 g/mol. The van der Waals surface area contributed by atoms with E-state index in [1.54, 1.807) is 6.07 Å². The van der Waals surface area contributed by atoms with Crippen LogP contribution in [-0.2, 0) is 9.59 Å². The topological polar surface area (TPSA) is 124 Å². The van der Waals surface area contributed by atoms with Crippen molar-refractivity contribution in [3.63, 3.8) is 0 Å². The Morgan fingerprint density at radius 2 is 1.90 bits per heavy atom. The highest BCUT2D eigenvalue weighted by Crippen LogP contribution is 2.19. The summed E-state index contributed by atoms with van der Waals surface area (Å²) in [5.74, 6) is -2.12. The summed E-state index contributed by atoms with van der Waals surface area (Å²) < 4.78 is 0. The van der Waals surface area contributed by atoms with E-state index in [0.717, 1.165) is 9.80 Å². The van der Waals surface area contributed by atoms with Crippen LogP contribution in [0.4, 0.5) is 10.5 Å². The maximum atomic E-state index is 12.1. The molecule has 1 rings (SSSR count). The van der Waals surface area contributed by atoms with Crippen molar-refractivity contribution in [2.24, 2.45) is 5.73 Å². The molecule has 0 radical (unpaired) electrons. The number of phenols is 1. The van der Waals surface area contributed by atoms with Gasteiger partial charge in [0.2, 0.25) is 5.91 Å². The van der Waals surface area contributed by atoms with E-state index in [1.165, 1.54) is 25.2 Å². The Kier molecular flexibility index (Phi) is 4.90. The maximum absolute atomic E-state index is 12.1. The van der Waals surface area contributed by atoms with Crippen LogP contribution in [0.2, 0.25) is 0 Å². The fourth-order valence-corrected chi connectivity index (χ4v) is 1.57. The summed E-state index contributed by atoms with van der Waals surface area (Å²) in [5.41, 5.74) is 5.34. The first-order chi connectivity index (χ1) is 9.31. The Labute approximate surface area is 115 Å². The second kappa shape index (κ2) is 6.41. The summed E-state index contributed by atoms with van der Waals surface area (Å²) in [6.07, 6.45) is 0. The number of hydrogen-bond acceptors (Lipinski definition) is 4. The Morgan fingerprint density at radius 3 is 2.40 bits per heavy atom. The number of aromatic hydroxyl groups is 1. The summed E-state index contributed by atoms with van der Waals surface area (Å²) in [6, 6.07) is 5.14. The molecule has 0 atom stereocenters. The van der Waals surface area contributed by atoms with Crippen molar-refractivity contribution in [2.45, 2.75) is 0 Å². The number of primary amides is 1. The van der Waals surface area contributed by atoms with Gasteiger partial charge in [0.15, 0.2) is 0 Å². The average Bonchev–Trinajstić information content (AvgIpc) is 2.35. The number of carboxylic acids is 1. The molecule has 0 heterocycles. The van der Waals surface area contributed by atoms with E-state index in [1.807, 2.05) is 0 Å². The van der Waals surface area contributed by atoms with Crippen LogP contribution in [0.5, 0.6) is 5.75 Å². The molecule has 4 N–H and O–H groups in total. The van der Waals surface area contributed by atoms with Crippen molar-refractivity contribution in [3.05, 3.63) is 24.3 Å². The fourth-order valence-electron chi connectivity index (χ4n) is 1.57. The highest BCUT2D eigenvalue weighted by molar-refractivity contribution is 5.95. The van der Waals surface area contributed by atoms with Crippen molar-refractivity contribution in [2.75, 3.05) is 25.0 Å². The number of anilines is 1. The largest absolute Gasteiger partial charge is 0.508 e. The molecule has 0 aliphatic carbocycles. The number of carbonyl (C=O) groups excluding carboxylic acids is 2. The number of benzene rings is 1. The van der Waals surface area contributed by atoms with Crippen LogP contribution >= 0.6 is 0 Å². The maximum Gasteiger partial charge on any atom is 0.325 e. The molecular weight excluding hydrogens is 266 g/mol. The highest BCUT2D eigenvalue weighted by Gasteiger charge is 2.23. The lowest BCUT2D eigenvalue weighted by atomic mass is 10.3. The van der Waals surface area contributed by atoms with Crippen LogP contribution in [-0.4, -0.2) is 53.2 Å². The van der Waals surface area contributed by atoms with Gasteiger partial charge in [-0.05, 0) is 12.1 Å². The zero-order valence-corrected chi connectivity index (χ0v) is 10.8. The third kappa shape index (κ3) is 4.16. The number of carbonyl (C=O) groups is 3. The van der Waals surface area contributed by atoms with E-state index >= 15 is 0 Å². The molecule has 0 aromatic heterocycles. The minimum atomic E-state index is -1.26. The number of aliphatic carboxylic acids is 1. The Morgan fingerprint density at radius 1 is 1.25 bits per heavy atom. The molecule has 0 saturated heterocycles. The quantitative estimate of drug-likeness (QED) is 0.690. The monoisotopic (exact) mass is 281 g/mol. The molecule has 108 valence electrons. The molecule has 8 nitrogen and oxygen atoms in total. The normalized spacial score (nSPS) is 9.85. The zero-order chi connectivity index (χ0) is 15.3. The summed E-state index contributed by atoms with van der Waals surface area (Å²) in [6.45, 7) is -1.15. The third-order valence-corrected chi connectivity index (χ3v) is 2.45. The van der Waals surface area contributed by atoms with Gasteiger partial charge in [0.1, 0.15) is 18.8 Å². The smallest absolute Gasteiger partial charge is 0.325 e. The van der Waals surface area contributed by atoms with E-state index < -0.39 is 31.0 Å². The number of carboxylic acid groups (broad SMARTS) is 1. The molecule has 0 fully saturated rings. The van der Waals surface area contributed by atoms with Crippen molar-refractivity contribution in [3.8, 4) is 5.75 Å². The van der Waals surface area contributed by atoms with Gasteiger partial charge in [0.25, 0.3) is 0 Å². The fraction of sp³-hybridized carbons (Fsp3) is 0.250. The molecule has 0 spiro atoms. The number of hydrogen-bond donors (Lipinski definition) is 3. The molecule has 0 saturated carbocycles. The summed E-state index contributed by atoms with van der Waals surface area (Å²) in [7, 11) is 1.40. The number of urea groups is 1. The van der Waals surface area contributed by atoms with Gasteiger partial charge in [-0.2, -0.15) is 0 Å². The van der Waals surface area contributed by atoms with E-state index in [2.05, 4.69) is 0 Å². The second-order valence-corrected chi connectivity index (χ2v) is 4.08. The summed E-state index contributed by atoms with van der Waals surface area (Å²) >= 11 is 0. The molecule has 8 heteroatoms. The standard InChI is InChI=1S/C12H15N3O5/c1-14(8-3-2-4-9(16)5-8)12(20)15(6-10(13)17)7-11(18)19/h2-5,16H,6-7H2,1H3,(H2,13,17)(H,18,19). The molecule has 0 aliphatic rings. The molecular formula is C12H15N3O5. The molecule has 0 unspecified atom stereocenters. The van der Waals surface area contributed by atoms with Crippen molar-refractivity contribution < 1.29 is 24.6 Å². The summed E-state index contributed by atoms with van der Waals surface area (Å²) in [5, 5.41) is 18.1. The van der Waals surface area contributed by atoms with Crippen molar-refractivity contribution in [1.82, 2.24) is 4.90 Å². The van der Waals surface area contributed by atoms with Gasteiger partial charge in [-0.15, -0.1) is 0 Å². The van der Waals surface area contributed by atoms with Gasteiger partial charge in [0, 0.05) is 18.8 Å². The first kappa shape index (κ1) is 15.3. The SMILES string of the molecule is CN(C(=O)N(CC(N)=O)CC(=O)O)c1cccc(O)c1. The Bertz CT molecular complexity index is 516. The molecule has 20 heavy (non-hydrogen) atoms. The number of rotatable bonds is 5. The Balaban J connectivity index is 2.92. The first-order valence-electron chi connectivity index (χ1n) is 5.63. The molecule has 1 aromatic carbocycles. The lowest BCUT2D eigenvalue weighted by Crippen LogP contribution is -2.47. The summed E-state index contributed by atoms with van der Waals surface area (Å²) in [4.78, 5) is 35.6. The van der Waals surface area contributed by atoms with Crippen molar-refractivity contribution >= 4 is 23.6 Å². The molecule has 0 bridgehead atoms. The van der Waals surface area contributed by atoms with Gasteiger partial charge in [-0.3, -0.25) is 14.5 Å². The van der Waals surface area contributed by atoms with Crippen LogP contribution in [0.25, 0.3) is 0 Å². The predicted octanol–water partition coefficient (Wildman–Crippen LogP) is -0.180. The second-order valence-electron chi connectivity index (χ2n) is 4.08. The molecule has 1 aromatic rings. The first-order valence-corrected chi connectivity index (χ1v) is 5.63. The molecule has 3 amide bonds. The van der Waals surface area contributed by atoms with Crippen molar-refractivity contribution in [1.29, 1.82) is 0 Å². The highest BCUT2D eigenvalue weighted by atomic mass is 16.4. The van der Waals surface area contributed by atoms with E-state index in [-0.39, 0.29) is 5.75 Å². The third-order valence-electron chi connectivity index (χ3n) is 2.45. The number of nitrogens with zero attached hydrogens (tertiary/aromatic N) is 2. The van der Waals surface area contributed by atoms with Gasteiger partial charge < -0.3 is 20.8 Å². The Hall–Kier alpha value is -2.77. The zero-order valence-electron chi connectivity index (χ0n) is 10.8. The van der Waals surface area contributed by atoms with E-state index in [4.69, 9.17) is 10.8 Å². The van der Waals surface area contributed by atoms with Gasteiger partial charge in [-0.25, -0.2) is 4.79 Å². The van der Waals surface area contributed by atoms with Gasteiger partial charge >= 0.3 is 12.0 Å². The number of phenolic OH excluding ortho intramolecular Hbond substituents is 1. The lowest BCUT2D eigenvalue weighted by molar-refractivity contribution is -0.137. The van der Waals surface area contributed by atoms with Crippen LogP contribution in [0, 0.1) is 0 Å². The van der Waals surface area contributed by atoms with E-state index in [9.17, 15) is 19.5 Å². The van der Waals surface area contributed by atoms with Crippen LogP contribution in [0.3, 0.4) is 0 Å². The molecule has 0 aliphatic heterocycles. The lowest BCUT2D eigenvalue weighted by Gasteiger charge is -2.26. The van der Waals surface area contributed by atoms with Gasteiger partial charge in [-0.1, -0.05) is 6.07 Å². The van der Waals surface area contributed by atoms with Crippen LogP contribution in [0.15, 0.2) is 24.3 Å². The predicted molar refractivity (Wildman–Crippen MR) is 70.3 cm³/mol. The van der Waals surface area contributed by atoms with Gasteiger partial charge in [0.05, 0.1) is 0 Å². The van der Waals surface area contributed by atoms with E-state index in [0.29, 0.717) is 5.69 Å². The number of nitrogens with two attached hydrogens (primary N) is 1. The van der Waals surface area contributed by atoms with Crippen LogP contribution < -0.4 is 10.6 Å². The van der Waals surface area contributed by atoms with Crippen LogP contribution in [0.1, 0.15) is 0 Å². The minimum absolute atomic E-state index is 0.0400.